The van der Waals surface area contributed by atoms with Crippen molar-refractivity contribution in [1.82, 2.24) is 19.3 Å². The Morgan fingerprint density at radius 1 is 1.28 bits per heavy atom. The molecule has 3 aromatic heterocycles. The smallest absolute Gasteiger partial charge is 0.208 e. The number of hydrogen-bond donors (Lipinski definition) is 2. The zero-order valence-corrected chi connectivity index (χ0v) is 15.5. The van der Waals surface area contributed by atoms with Gasteiger partial charge in [0, 0.05) is 38.4 Å². The highest BCUT2D eigenvalue weighted by Gasteiger charge is 2.18. The van der Waals surface area contributed by atoms with E-state index in [4.69, 9.17) is 0 Å². The number of likely N-dealkylation sites (N-methyl/N-ethyl adjacent to an activating group) is 1. The van der Waals surface area contributed by atoms with Crippen LogP contribution in [0.3, 0.4) is 0 Å². The third-order valence-corrected chi connectivity index (χ3v) is 4.68. The highest BCUT2D eigenvalue weighted by atomic mass is 35.5. The third kappa shape index (κ3) is 3.35. The van der Waals surface area contributed by atoms with Crippen LogP contribution in [0, 0.1) is 0 Å². The molecule has 0 bridgehead atoms. The molecular weight excluding hydrogens is 358 g/mol. The summed E-state index contributed by atoms with van der Waals surface area (Å²) in [5.41, 5.74) is 4.21. The number of anilines is 4. The Hall–Kier alpha value is -2.45. The van der Waals surface area contributed by atoms with Crippen LogP contribution in [0.5, 0.6) is 0 Å². The molecule has 7 nitrogen and oxygen atoms in total. The van der Waals surface area contributed by atoms with Crippen molar-refractivity contribution in [3.8, 4) is 11.5 Å². The fourth-order valence-corrected chi connectivity index (χ4v) is 3.33. The summed E-state index contributed by atoms with van der Waals surface area (Å²) in [5, 5.41) is 7.00. The first-order valence-corrected chi connectivity index (χ1v) is 8.46. The summed E-state index contributed by atoms with van der Waals surface area (Å²) >= 11 is 1.30. The fraction of sp³-hybridized carbons (Fsp3) is 0.250. The van der Waals surface area contributed by atoms with E-state index in [9.17, 15) is 0 Å². The highest BCUT2D eigenvalue weighted by molar-refractivity contribution is 7.09. The monoisotopic (exact) mass is 375 g/mol. The predicted octanol–water partition coefficient (Wildman–Crippen LogP) is 3.19. The zero-order valence-electron chi connectivity index (χ0n) is 13.9. The third-order valence-electron chi connectivity index (χ3n) is 4.05. The Bertz CT molecular complexity index is 882. The lowest BCUT2D eigenvalue weighted by molar-refractivity contribution is 0.955. The van der Waals surface area contributed by atoms with Gasteiger partial charge in [-0.2, -0.15) is 9.36 Å². The summed E-state index contributed by atoms with van der Waals surface area (Å²) in [6.45, 7) is 1.03. The second kappa shape index (κ2) is 7.20. The van der Waals surface area contributed by atoms with Gasteiger partial charge in [0.1, 0.15) is 5.69 Å². The summed E-state index contributed by atoms with van der Waals surface area (Å²) in [5.74, 6) is 1.37. The van der Waals surface area contributed by atoms with Crippen molar-refractivity contribution < 1.29 is 0 Å². The second-order valence-electron chi connectivity index (χ2n) is 5.57. The largest absolute Gasteiger partial charge is 0.385 e. The molecule has 0 amide bonds. The molecule has 0 unspecified atom stereocenters. The van der Waals surface area contributed by atoms with Gasteiger partial charge in [-0.25, -0.2) is 4.98 Å². The van der Waals surface area contributed by atoms with Crippen LogP contribution in [-0.4, -0.2) is 40.0 Å². The molecule has 4 heterocycles. The number of hydrogen-bond acceptors (Lipinski definition) is 8. The van der Waals surface area contributed by atoms with Crippen molar-refractivity contribution in [1.29, 1.82) is 0 Å². The lowest BCUT2D eigenvalue weighted by Gasteiger charge is -2.10. The Balaban J connectivity index is 0.00000182. The molecule has 0 spiro atoms. The van der Waals surface area contributed by atoms with Crippen LogP contribution >= 0.6 is 23.9 Å². The quantitative estimate of drug-likeness (QED) is 0.724. The molecule has 2 N–H and O–H groups in total. The van der Waals surface area contributed by atoms with E-state index in [0.717, 1.165) is 30.2 Å². The Kier molecular flexibility index (Phi) is 5.00. The number of pyridine rings is 2. The summed E-state index contributed by atoms with van der Waals surface area (Å²) in [6, 6.07) is 5.92. The van der Waals surface area contributed by atoms with Crippen LogP contribution in [-0.2, 0) is 6.42 Å². The Morgan fingerprint density at radius 3 is 3.00 bits per heavy atom. The molecular formula is C16H18ClN7S. The Labute approximate surface area is 156 Å². The zero-order chi connectivity index (χ0) is 16.5. The lowest BCUT2D eigenvalue weighted by atomic mass is 10.2. The van der Waals surface area contributed by atoms with Gasteiger partial charge in [0.25, 0.3) is 0 Å². The van der Waals surface area contributed by atoms with Crippen molar-refractivity contribution in [2.24, 2.45) is 0 Å². The van der Waals surface area contributed by atoms with Gasteiger partial charge in [0.15, 0.2) is 11.6 Å². The first-order valence-electron chi connectivity index (χ1n) is 7.68. The molecule has 0 fully saturated rings. The summed E-state index contributed by atoms with van der Waals surface area (Å²) in [4.78, 5) is 15.6. The van der Waals surface area contributed by atoms with Crippen LogP contribution < -0.4 is 15.5 Å². The van der Waals surface area contributed by atoms with E-state index < -0.39 is 0 Å². The molecule has 1 aliphatic rings. The minimum Gasteiger partial charge on any atom is -0.385 e. The van der Waals surface area contributed by atoms with Gasteiger partial charge in [-0.05, 0) is 30.2 Å². The van der Waals surface area contributed by atoms with E-state index in [-0.39, 0.29) is 12.4 Å². The number of fused-ring (bicyclic) bond motifs is 1. The first kappa shape index (κ1) is 17.4. The van der Waals surface area contributed by atoms with Crippen molar-refractivity contribution in [2.75, 3.05) is 36.2 Å². The molecule has 0 atom stereocenters. The maximum atomic E-state index is 4.55. The average molecular weight is 376 g/mol. The van der Waals surface area contributed by atoms with Crippen LogP contribution in [0.4, 0.5) is 22.3 Å². The number of aromatic nitrogens is 4. The van der Waals surface area contributed by atoms with Gasteiger partial charge in [-0.3, -0.25) is 4.98 Å². The maximum Gasteiger partial charge on any atom is 0.208 e. The summed E-state index contributed by atoms with van der Waals surface area (Å²) < 4.78 is 4.43. The number of rotatable bonds is 4. The minimum atomic E-state index is 0. The standard InChI is InChI=1S/C16H17N7S.ClH/c1-17-11-4-3-6-18-14(11)20-16-21-15(22-24-16)12-8-10-5-7-23(2)13(10)9-19-12;/h3-4,6,8-9,17H,5,7H2,1-2H3,(H,18,20,21,22);1H. The molecule has 4 rings (SSSR count). The van der Waals surface area contributed by atoms with E-state index >= 15 is 0 Å². The predicted molar refractivity (Wildman–Crippen MR) is 104 cm³/mol. The number of nitrogens with zero attached hydrogens (tertiary/aromatic N) is 5. The SMILES string of the molecule is CNc1cccnc1Nc1nc(-c2cc3c(cn2)N(C)CC3)ns1.Cl. The van der Waals surface area contributed by atoms with Gasteiger partial charge < -0.3 is 15.5 Å². The second-order valence-corrected chi connectivity index (χ2v) is 6.32. The minimum absolute atomic E-state index is 0. The van der Waals surface area contributed by atoms with Gasteiger partial charge in [0.05, 0.1) is 17.6 Å². The molecule has 0 saturated heterocycles. The molecule has 25 heavy (non-hydrogen) atoms. The molecule has 0 aromatic carbocycles. The van der Waals surface area contributed by atoms with E-state index in [2.05, 4.69) is 48.0 Å². The first-order chi connectivity index (χ1) is 11.7. The molecule has 9 heteroatoms. The van der Waals surface area contributed by atoms with Gasteiger partial charge >= 0.3 is 0 Å². The van der Waals surface area contributed by atoms with E-state index in [0.29, 0.717) is 11.0 Å². The van der Waals surface area contributed by atoms with Gasteiger partial charge in [-0.15, -0.1) is 12.4 Å². The molecule has 1 aliphatic heterocycles. The maximum absolute atomic E-state index is 4.55. The molecule has 130 valence electrons. The van der Waals surface area contributed by atoms with E-state index in [1.54, 1.807) is 6.20 Å². The highest BCUT2D eigenvalue weighted by Crippen LogP contribution is 2.30. The van der Waals surface area contributed by atoms with Crippen molar-refractivity contribution in [3.63, 3.8) is 0 Å². The average Bonchev–Trinajstić information content (AvgIpc) is 3.22. The van der Waals surface area contributed by atoms with Crippen LogP contribution in [0.1, 0.15) is 5.56 Å². The van der Waals surface area contributed by atoms with E-state index in [1.807, 2.05) is 25.4 Å². The van der Waals surface area contributed by atoms with Crippen LogP contribution in [0.15, 0.2) is 30.6 Å². The summed E-state index contributed by atoms with van der Waals surface area (Å²) in [6.07, 6.45) is 4.68. The van der Waals surface area contributed by atoms with Gasteiger partial charge in [0.2, 0.25) is 5.13 Å². The lowest BCUT2D eigenvalue weighted by Crippen LogP contribution is -2.12. The molecule has 0 aliphatic carbocycles. The summed E-state index contributed by atoms with van der Waals surface area (Å²) in [7, 11) is 3.95. The molecule has 0 radical (unpaired) electrons. The van der Waals surface area contributed by atoms with Crippen molar-refractivity contribution in [3.05, 3.63) is 36.2 Å². The number of halogens is 1. The van der Waals surface area contributed by atoms with E-state index in [1.165, 1.54) is 22.8 Å². The normalized spacial score (nSPS) is 12.5. The van der Waals surface area contributed by atoms with Crippen molar-refractivity contribution >= 4 is 46.3 Å². The topological polar surface area (TPSA) is 78.9 Å². The fourth-order valence-electron chi connectivity index (χ4n) is 2.75. The van der Waals surface area contributed by atoms with Crippen LogP contribution in [0.2, 0.25) is 0 Å². The molecule has 3 aromatic rings. The van der Waals surface area contributed by atoms with Crippen LogP contribution in [0.25, 0.3) is 11.5 Å². The Morgan fingerprint density at radius 2 is 2.16 bits per heavy atom. The van der Waals surface area contributed by atoms with Gasteiger partial charge in [-0.1, -0.05) is 0 Å². The molecule has 0 saturated carbocycles. The van der Waals surface area contributed by atoms with Crippen molar-refractivity contribution in [2.45, 2.75) is 6.42 Å². The number of nitrogens with one attached hydrogen (secondary N) is 2.